The molecule has 0 spiro atoms. The Morgan fingerprint density at radius 1 is 1.56 bits per heavy atom. The van der Waals surface area contributed by atoms with Crippen molar-refractivity contribution in [3.8, 4) is 0 Å². The number of aromatic nitrogens is 1. The molecule has 0 radical (unpaired) electrons. The van der Waals surface area contributed by atoms with Crippen LogP contribution in [0.15, 0.2) is 18.3 Å². The molecule has 4 nitrogen and oxygen atoms in total. The summed E-state index contributed by atoms with van der Waals surface area (Å²) in [6, 6.07) is 4.24. The van der Waals surface area contributed by atoms with Crippen molar-refractivity contribution in [1.29, 1.82) is 0 Å². The normalized spacial score (nSPS) is 17.2. The van der Waals surface area contributed by atoms with E-state index < -0.39 is 6.10 Å². The van der Waals surface area contributed by atoms with Gasteiger partial charge >= 0.3 is 0 Å². The molecular formula is C12H18N2O2. The monoisotopic (exact) mass is 222 g/mol. The fourth-order valence-electron chi connectivity index (χ4n) is 1.83. The molecule has 2 rings (SSSR count). The van der Waals surface area contributed by atoms with Crippen LogP contribution in [0.4, 0.5) is 5.82 Å². The summed E-state index contributed by atoms with van der Waals surface area (Å²) in [6.45, 7) is 2.49. The van der Waals surface area contributed by atoms with Gasteiger partial charge in [0.15, 0.2) is 0 Å². The molecule has 2 N–H and O–H groups in total. The van der Waals surface area contributed by atoms with Crippen LogP contribution in [0.3, 0.4) is 0 Å². The lowest BCUT2D eigenvalue weighted by Crippen LogP contribution is -2.29. The van der Waals surface area contributed by atoms with E-state index in [1.165, 1.54) is 12.8 Å². The van der Waals surface area contributed by atoms with Gasteiger partial charge in [-0.3, -0.25) is 0 Å². The van der Waals surface area contributed by atoms with Crippen LogP contribution in [0.5, 0.6) is 0 Å². The zero-order chi connectivity index (χ0) is 11.5. The molecule has 1 atom stereocenters. The Morgan fingerprint density at radius 3 is 2.88 bits per heavy atom. The summed E-state index contributed by atoms with van der Waals surface area (Å²) < 4.78 is 0. The zero-order valence-electron chi connectivity index (χ0n) is 9.50. The molecule has 4 heteroatoms. The molecule has 0 saturated heterocycles. The van der Waals surface area contributed by atoms with Gasteiger partial charge in [0.2, 0.25) is 0 Å². The molecule has 1 fully saturated rings. The summed E-state index contributed by atoms with van der Waals surface area (Å²) in [5.41, 5.74) is 0.869. The topological polar surface area (TPSA) is 56.6 Å². The molecule has 88 valence electrons. The van der Waals surface area contributed by atoms with Crippen LogP contribution in [0.1, 0.15) is 31.4 Å². The van der Waals surface area contributed by atoms with Crippen molar-refractivity contribution < 1.29 is 10.2 Å². The number of aliphatic hydroxyl groups excluding tert-OH is 2. The van der Waals surface area contributed by atoms with E-state index in [2.05, 4.69) is 9.88 Å². The molecule has 1 saturated carbocycles. The van der Waals surface area contributed by atoms with Gasteiger partial charge in [-0.1, -0.05) is 0 Å². The van der Waals surface area contributed by atoms with Crippen molar-refractivity contribution >= 4 is 5.82 Å². The fourth-order valence-corrected chi connectivity index (χ4v) is 1.83. The molecule has 0 aromatic carbocycles. The van der Waals surface area contributed by atoms with E-state index >= 15 is 0 Å². The number of rotatable bonds is 5. The number of aliphatic hydroxyl groups is 2. The van der Waals surface area contributed by atoms with E-state index in [1.54, 1.807) is 13.1 Å². The Kier molecular flexibility index (Phi) is 3.41. The molecule has 1 aliphatic rings. The molecule has 0 unspecified atom stereocenters. The van der Waals surface area contributed by atoms with Crippen LogP contribution in [-0.4, -0.2) is 34.4 Å². The predicted molar refractivity (Wildman–Crippen MR) is 62.3 cm³/mol. The standard InChI is InChI=1S/C12H18N2O2/c1-9(16)10-4-5-13-12(8-10)14(6-7-15)11-2-3-11/h4-5,8-9,11,15-16H,2-3,6-7H2,1H3/t9-/m0/s1. The molecule has 16 heavy (non-hydrogen) atoms. The summed E-state index contributed by atoms with van der Waals surface area (Å²) >= 11 is 0. The molecule has 1 aromatic heterocycles. The fraction of sp³-hybridized carbons (Fsp3) is 0.583. The largest absolute Gasteiger partial charge is 0.395 e. The van der Waals surface area contributed by atoms with Gasteiger partial charge in [-0.2, -0.15) is 0 Å². The average Bonchev–Trinajstić information content (AvgIpc) is 3.10. The second-order valence-electron chi connectivity index (χ2n) is 4.27. The average molecular weight is 222 g/mol. The van der Waals surface area contributed by atoms with Gasteiger partial charge < -0.3 is 15.1 Å². The third kappa shape index (κ3) is 2.51. The van der Waals surface area contributed by atoms with E-state index in [4.69, 9.17) is 5.11 Å². The molecule has 0 aliphatic heterocycles. The third-order valence-electron chi connectivity index (χ3n) is 2.87. The number of pyridine rings is 1. The maximum Gasteiger partial charge on any atom is 0.129 e. The van der Waals surface area contributed by atoms with Gasteiger partial charge in [0.1, 0.15) is 5.82 Å². The number of hydrogen-bond donors (Lipinski definition) is 2. The summed E-state index contributed by atoms with van der Waals surface area (Å²) in [4.78, 5) is 6.42. The predicted octanol–water partition coefficient (Wildman–Crippen LogP) is 1.10. The van der Waals surface area contributed by atoms with Crippen LogP contribution in [0.2, 0.25) is 0 Å². The van der Waals surface area contributed by atoms with Crippen LogP contribution >= 0.6 is 0 Å². The number of nitrogens with zero attached hydrogens (tertiary/aromatic N) is 2. The van der Waals surface area contributed by atoms with Gasteiger partial charge in [0, 0.05) is 18.8 Å². The van der Waals surface area contributed by atoms with E-state index in [0.717, 1.165) is 11.4 Å². The van der Waals surface area contributed by atoms with E-state index in [9.17, 15) is 5.11 Å². The quantitative estimate of drug-likeness (QED) is 0.783. The molecular weight excluding hydrogens is 204 g/mol. The van der Waals surface area contributed by atoms with Crippen molar-refractivity contribution in [3.05, 3.63) is 23.9 Å². The first-order valence-electron chi connectivity index (χ1n) is 5.74. The Labute approximate surface area is 95.5 Å². The maximum atomic E-state index is 9.52. The van der Waals surface area contributed by atoms with Crippen molar-refractivity contribution in [1.82, 2.24) is 4.98 Å². The van der Waals surface area contributed by atoms with Crippen LogP contribution < -0.4 is 4.90 Å². The van der Waals surface area contributed by atoms with Gasteiger partial charge in [-0.25, -0.2) is 4.98 Å². The first kappa shape index (κ1) is 11.4. The Bertz CT molecular complexity index is 351. The van der Waals surface area contributed by atoms with Gasteiger partial charge in [0.25, 0.3) is 0 Å². The molecule has 1 aromatic rings. The van der Waals surface area contributed by atoms with Gasteiger partial charge in [-0.15, -0.1) is 0 Å². The smallest absolute Gasteiger partial charge is 0.129 e. The van der Waals surface area contributed by atoms with Crippen molar-refractivity contribution in [2.45, 2.75) is 31.9 Å². The minimum absolute atomic E-state index is 0.136. The first-order valence-corrected chi connectivity index (χ1v) is 5.74. The summed E-state index contributed by atoms with van der Waals surface area (Å²) in [5.74, 6) is 0.856. The third-order valence-corrected chi connectivity index (χ3v) is 2.87. The first-order chi connectivity index (χ1) is 7.72. The van der Waals surface area contributed by atoms with Gasteiger partial charge in [0.05, 0.1) is 12.7 Å². The maximum absolute atomic E-state index is 9.52. The van der Waals surface area contributed by atoms with Gasteiger partial charge in [-0.05, 0) is 37.5 Å². The van der Waals surface area contributed by atoms with Crippen molar-refractivity contribution in [2.24, 2.45) is 0 Å². The van der Waals surface area contributed by atoms with Crippen LogP contribution in [0, 0.1) is 0 Å². The highest BCUT2D eigenvalue weighted by atomic mass is 16.3. The Hall–Kier alpha value is -1.13. The number of anilines is 1. The molecule has 1 heterocycles. The lowest BCUT2D eigenvalue weighted by Gasteiger charge is -2.23. The van der Waals surface area contributed by atoms with E-state index in [-0.39, 0.29) is 6.61 Å². The zero-order valence-corrected chi connectivity index (χ0v) is 9.50. The molecule has 0 bridgehead atoms. The summed E-state index contributed by atoms with van der Waals surface area (Å²) in [5, 5.41) is 18.6. The minimum Gasteiger partial charge on any atom is -0.395 e. The highest BCUT2D eigenvalue weighted by Crippen LogP contribution is 2.31. The summed E-state index contributed by atoms with van der Waals surface area (Å²) in [6.07, 6.45) is 3.57. The van der Waals surface area contributed by atoms with Crippen LogP contribution in [-0.2, 0) is 0 Å². The Balaban J connectivity index is 2.19. The highest BCUT2D eigenvalue weighted by Gasteiger charge is 2.29. The molecule has 1 aliphatic carbocycles. The highest BCUT2D eigenvalue weighted by molar-refractivity contribution is 5.44. The SMILES string of the molecule is C[C@H](O)c1ccnc(N(CCO)C2CC2)c1. The second kappa shape index (κ2) is 4.80. The van der Waals surface area contributed by atoms with E-state index in [0.29, 0.717) is 12.6 Å². The number of hydrogen-bond acceptors (Lipinski definition) is 4. The Morgan fingerprint density at radius 2 is 2.31 bits per heavy atom. The molecule has 0 amide bonds. The lowest BCUT2D eigenvalue weighted by atomic mass is 10.1. The summed E-state index contributed by atoms with van der Waals surface area (Å²) in [7, 11) is 0. The van der Waals surface area contributed by atoms with Crippen LogP contribution in [0.25, 0.3) is 0 Å². The second-order valence-corrected chi connectivity index (χ2v) is 4.27. The van der Waals surface area contributed by atoms with Crippen molar-refractivity contribution in [2.75, 3.05) is 18.1 Å². The van der Waals surface area contributed by atoms with Crippen molar-refractivity contribution in [3.63, 3.8) is 0 Å². The lowest BCUT2D eigenvalue weighted by molar-refractivity contribution is 0.199. The van der Waals surface area contributed by atoms with E-state index in [1.807, 2.05) is 12.1 Å². The minimum atomic E-state index is -0.475.